The molecule has 13 heteroatoms. The Morgan fingerprint density at radius 1 is 0.214 bits per heavy atom. The van der Waals surface area contributed by atoms with Gasteiger partial charge in [0.15, 0.2) is 0 Å². The van der Waals surface area contributed by atoms with E-state index in [1.807, 2.05) is 43.4 Å². The van der Waals surface area contributed by atoms with E-state index in [4.69, 9.17) is 29.9 Å². The number of aryl methyl sites for hydroxylation is 16. The van der Waals surface area contributed by atoms with Crippen molar-refractivity contribution in [2.45, 2.75) is 211 Å². The number of pyridine rings is 1. The monoisotopic (exact) mass is 1910 g/mol. The van der Waals surface area contributed by atoms with Gasteiger partial charge in [-0.3, -0.25) is 4.98 Å². The van der Waals surface area contributed by atoms with Gasteiger partial charge >= 0.3 is 0 Å². The maximum absolute atomic E-state index is 4.92. The average molecular weight is 1910 g/mol. The summed E-state index contributed by atoms with van der Waals surface area (Å²) in [4.78, 5) is 33.4. The molecular formula is C132H139N13+6. The lowest BCUT2D eigenvalue weighted by atomic mass is 9.94. The Kier molecular flexibility index (Phi) is 26.8. The summed E-state index contributed by atoms with van der Waals surface area (Å²) >= 11 is 0. The van der Waals surface area contributed by atoms with Gasteiger partial charge in [-0.2, -0.15) is 27.4 Å². The highest BCUT2D eigenvalue weighted by Gasteiger charge is 2.39. The normalized spacial score (nSPS) is 12.2. The Morgan fingerprint density at radius 2 is 0.510 bits per heavy atom. The van der Waals surface area contributed by atoms with Crippen molar-refractivity contribution in [3.8, 4) is 135 Å². The molecule has 24 rings (SSSR count). The Balaban J connectivity index is 0.000000110. The summed E-state index contributed by atoms with van der Waals surface area (Å²) in [6.45, 7) is 52.5. The van der Waals surface area contributed by atoms with Gasteiger partial charge in [0.2, 0.25) is 68.3 Å². The fourth-order valence-electron chi connectivity index (χ4n) is 23.4. The van der Waals surface area contributed by atoms with Crippen molar-refractivity contribution in [2.24, 2.45) is 42.3 Å². The van der Waals surface area contributed by atoms with Crippen molar-refractivity contribution in [3.05, 3.63) is 415 Å². The summed E-state index contributed by atoms with van der Waals surface area (Å²) in [6.07, 6.45) is 21.8. The Hall–Kier alpha value is -15.0. The van der Waals surface area contributed by atoms with Gasteiger partial charge in [0, 0.05) is 45.8 Å². The van der Waals surface area contributed by atoms with E-state index in [2.05, 4.69) is 417 Å². The van der Waals surface area contributed by atoms with E-state index in [0.717, 1.165) is 72.7 Å². The third-order valence-electron chi connectivity index (χ3n) is 32.3. The van der Waals surface area contributed by atoms with E-state index in [1.54, 1.807) is 0 Å². The van der Waals surface area contributed by atoms with Gasteiger partial charge in [0.05, 0.1) is 71.9 Å². The second kappa shape index (κ2) is 39.3. The van der Waals surface area contributed by atoms with Crippen molar-refractivity contribution >= 4 is 0 Å². The summed E-state index contributed by atoms with van der Waals surface area (Å²) in [7, 11) is 13.0. The molecule has 7 heterocycles. The molecule has 18 aromatic rings. The second-order valence-electron chi connectivity index (χ2n) is 42.7. The van der Waals surface area contributed by atoms with Crippen molar-refractivity contribution in [1.82, 2.24) is 34.9 Å². The second-order valence-corrected chi connectivity index (χ2v) is 42.7. The molecule has 0 atom stereocenters. The van der Waals surface area contributed by atoms with E-state index in [1.165, 1.54) is 296 Å². The molecule has 145 heavy (non-hydrogen) atoms. The molecule has 0 spiro atoms. The van der Waals surface area contributed by atoms with Gasteiger partial charge in [0.1, 0.15) is 114 Å². The Labute approximate surface area is 859 Å². The Morgan fingerprint density at radius 3 is 0.917 bits per heavy atom. The molecule has 0 aliphatic heterocycles. The molecule has 11 aromatic carbocycles. The van der Waals surface area contributed by atoms with Crippen LogP contribution < -0.4 is 27.4 Å². The van der Waals surface area contributed by atoms with Crippen LogP contribution in [0.1, 0.15) is 215 Å². The van der Waals surface area contributed by atoms with E-state index in [9.17, 15) is 0 Å². The molecule has 0 saturated carbocycles. The van der Waals surface area contributed by atoms with Crippen LogP contribution in [0.4, 0.5) is 0 Å². The van der Waals surface area contributed by atoms with E-state index in [0.29, 0.717) is 5.92 Å². The maximum atomic E-state index is 4.92. The molecule has 0 N–H and O–H groups in total. The fraction of sp³-hybridized carbons (Fsp3) is 0.280. The molecular weight excluding hydrogens is 1770 g/mol. The first-order chi connectivity index (χ1) is 69.3. The van der Waals surface area contributed by atoms with E-state index >= 15 is 0 Å². The summed E-state index contributed by atoms with van der Waals surface area (Å²) in [5.74, 6) is 0.533. The van der Waals surface area contributed by atoms with Crippen molar-refractivity contribution < 1.29 is 27.4 Å². The van der Waals surface area contributed by atoms with Crippen LogP contribution in [0.15, 0.2) is 219 Å². The first-order valence-electron chi connectivity index (χ1n) is 51.5. The van der Waals surface area contributed by atoms with Crippen LogP contribution >= 0.6 is 0 Å². The number of hydrogen-bond donors (Lipinski definition) is 0. The Bertz CT molecular complexity index is 8420. The number of hydrogen-bond acceptors (Lipinski definition) is 7. The van der Waals surface area contributed by atoms with Crippen LogP contribution in [0.5, 0.6) is 0 Å². The van der Waals surface area contributed by atoms with Crippen molar-refractivity contribution in [1.29, 1.82) is 0 Å². The predicted molar refractivity (Wildman–Crippen MR) is 591 cm³/mol. The largest absolute Gasteiger partial charge is 0.264 e. The molecule has 0 amide bonds. The molecule has 0 fully saturated rings. The first kappa shape index (κ1) is 98.8. The molecule has 13 nitrogen and oxygen atoms in total. The molecule has 6 aliphatic carbocycles. The predicted octanol–water partition coefficient (Wildman–Crippen LogP) is 26.2. The lowest BCUT2D eigenvalue weighted by Gasteiger charge is -2.10. The van der Waals surface area contributed by atoms with Gasteiger partial charge in [-0.1, -0.05) is 180 Å². The number of fused-ring (bicyclic) bond motifs is 18. The van der Waals surface area contributed by atoms with Crippen LogP contribution in [0, 0.1) is 152 Å². The van der Waals surface area contributed by atoms with Crippen LogP contribution in [0.3, 0.4) is 0 Å². The van der Waals surface area contributed by atoms with Gasteiger partial charge in [-0.25, -0.2) is 29.9 Å². The van der Waals surface area contributed by atoms with Gasteiger partial charge in [0.25, 0.3) is 0 Å². The molecule has 0 saturated heterocycles. The van der Waals surface area contributed by atoms with E-state index < -0.39 is 0 Å². The summed E-state index contributed by atoms with van der Waals surface area (Å²) in [5.41, 5.74) is 76.1. The highest BCUT2D eigenvalue weighted by atomic mass is 15.0. The topological polar surface area (TPSA) is 114 Å². The molecule has 0 bridgehead atoms. The molecule has 7 aromatic heterocycles. The number of nitrogens with zero attached hydrogens (tertiary/aromatic N) is 13. The molecule has 0 unspecified atom stereocenters. The quantitative estimate of drug-likeness (QED) is 0.146. The summed E-state index contributed by atoms with van der Waals surface area (Å²) in [6, 6.07) is 62.4. The number of aromatic nitrogens is 13. The minimum absolute atomic E-state index is 0.533. The zero-order chi connectivity index (χ0) is 103. The van der Waals surface area contributed by atoms with Crippen LogP contribution in [-0.4, -0.2) is 34.9 Å². The van der Waals surface area contributed by atoms with Crippen molar-refractivity contribution in [2.75, 3.05) is 0 Å². The van der Waals surface area contributed by atoms with Gasteiger partial charge in [-0.05, 0) is 324 Å². The standard InChI is InChI=1S/C24H27N2.4C22H23N2.C20H20N3/c1-14(2)18-8-7-9-19-21(18)12-22-24(19)25-13-23(26(22)6)20-11-15(3)10-16(4)17(20)5;1-13-6-7-18-17(9-13)11-20-22(18)23-12-21(24(20)5)19-10-14(2)8-15(3)16(19)4;1-13-6-7-17-11-20-22(19(17)9-13)23-12-21(24(20)5)18-10-14(2)8-15(3)16(18)4;1-13-9-15(3)16(4)19(10-13)21-12-23-22-17-8-6-7-14(2)18(17)11-20(22)24(21)5;1-13-9-15(3)16(4)18(10-13)20-12-23-22-19(24(20)5)11-17-8-6-7-14(2)21(17)22;1-12-7-13(2)14(3)16(8-12)19-11-22-20-17-10-21-6-5-15(17)9-18(20)23(19)4/h7-11,13-14H,12H2,1-6H3;4*6-10,12H,11H2,1-5H3;5-8,10-11H,9H2,1-4H3/q6*+1. The highest BCUT2D eigenvalue weighted by Crippen LogP contribution is 2.45. The lowest BCUT2D eigenvalue weighted by Crippen LogP contribution is -2.36. The van der Waals surface area contributed by atoms with Crippen LogP contribution in [0.2, 0.25) is 0 Å². The molecule has 726 valence electrons. The SMILES string of the molecule is Cc1cc(C)c(C)c(-c2cnc3c([n+]2C)Cc2c(C)cccc2-3)c1.Cc1cc(C)c(C)c(-c2cnc3c([n+]2C)Cc2c-3cccc2C(C)C)c1.Cc1cc(C)c(C)c(-c2cnc3c([n+]2C)Cc2cccc(C)c2-3)c1.Cc1cc(C)c(C)c(-c2cnc3c([n+]2C)Cc2ccncc2-3)c1.Cc1ccc2c(c1)-c1ncc(-c3cc(C)cc(C)c3C)[n+](C)c1C2.Cc1ccc2c(c1)Cc1c-2ncc(-c2cc(C)cc(C)c2C)[n+]1C. The zero-order valence-electron chi connectivity index (χ0n) is 90.9. The highest BCUT2D eigenvalue weighted by molar-refractivity contribution is 5.81. The minimum atomic E-state index is 0.533. The third-order valence-corrected chi connectivity index (χ3v) is 32.3. The fourth-order valence-corrected chi connectivity index (χ4v) is 23.4. The average Bonchev–Trinajstić information content (AvgIpc) is 1.58. The van der Waals surface area contributed by atoms with Crippen molar-refractivity contribution in [3.63, 3.8) is 0 Å². The summed E-state index contributed by atoms with van der Waals surface area (Å²) < 4.78 is 14.0. The third kappa shape index (κ3) is 18.2. The smallest absolute Gasteiger partial charge is 0.231 e. The van der Waals surface area contributed by atoms with Crippen LogP contribution in [0.25, 0.3) is 135 Å². The van der Waals surface area contributed by atoms with Crippen LogP contribution in [-0.2, 0) is 80.8 Å². The zero-order valence-corrected chi connectivity index (χ0v) is 90.9. The van der Waals surface area contributed by atoms with Gasteiger partial charge in [-0.15, -0.1) is 0 Å². The summed E-state index contributed by atoms with van der Waals surface area (Å²) in [5, 5.41) is 0. The van der Waals surface area contributed by atoms with E-state index in [-0.39, 0.29) is 0 Å². The number of rotatable bonds is 7. The number of benzene rings is 11. The molecule has 6 aliphatic rings. The maximum Gasteiger partial charge on any atom is 0.231 e. The lowest BCUT2D eigenvalue weighted by molar-refractivity contribution is -0.667. The first-order valence-corrected chi connectivity index (χ1v) is 51.5. The molecule has 0 radical (unpaired) electrons. The minimum Gasteiger partial charge on any atom is -0.264 e. The van der Waals surface area contributed by atoms with Gasteiger partial charge < -0.3 is 0 Å².